The first-order chi connectivity index (χ1) is 20.0. The van der Waals surface area contributed by atoms with Crippen LogP contribution in [0.3, 0.4) is 0 Å². The number of fused-ring (bicyclic) bond motifs is 8. The normalized spacial score (nSPS) is 30.6. The van der Waals surface area contributed by atoms with Gasteiger partial charge in [0.25, 0.3) is 0 Å². The fraction of sp³-hybridized carbons (Fsp3) is 0.571. The first-order valence-corrected chi connectivity index (χ1v) is 15.9. The number of carbonyl (C=O) groups is 1. The Labute approximate surface area is 254 Å². The number of nitrogens with zero attached hydrogens (tertiary/aromatic N) is 1. The molecule has 0 radical (unpaired) electrons. The minimum Gasteiger partial charge on any atom is -0.395 e. The number of benzene rings is 2. The van der Waals surface area contributed by atoms with Crippen LogP contribution in [0.2, 0.25) is 5.02 Å². The van der Waals surface area contributed by atoms with E-state index in [2.05, 4.69) is 24.8 Å². The van der Waals surface area contributed by atoms with E-state index in [0.717, 1.165) is 56.2 Å². The Hall–Kier alpha value is -2.09. The minimum atomic E-state index is -1.00. The molecule has 2 fully saturated rings. The maximum absolute atomic E-state index is 14.8. The van der Waals surface area contributed by atoms with Crippen molar-refractivity contribution in [3.63, 3.8) is 0 Å². The second-order valence-corrected chi connectivity index (χ2v) is 13.6. The van der Waals surface area contributed by atoms with Crippen molar-refractivity contribution in [3.8, 4) is 0 Å². The SMILES string of the molecule is CC1=CCCC2(C)C(CCC2(O)CN2CCCC2CO)c2ccc(cc2C(=O)Cc2c(F)cccc2Cl)CC(O)CC1. The van der Waals surface area contributed by atoms with Crippen LogP contribution in [0.4, 0.5) is 4.39 Å². The lowest BCUT2D eigenvalue weighted by Gasteiger charge is -2.46. The molecule has 2 bridgehead atoms. The summed E-state index contributed by atoms with van der Waals surface area (Å²) >= 11 is 6.32. The standard InChI is InChI=1S/C35H45ClFNO4/c1-23-6-4-15-34(2)30(14-16-35(34,42)22-38-17-5-7-25(38)21-39)27-13-11-24(18-26(40)12-10-23)19-28(27)33(41)20-29-31(36)8-3-9-32(29)37/h3,6,8-9,11,13,19,25-26,30,39-40,42H,4-5,7,10,12,14-18,20-22H2,1-2H3. The van der Waals surface area contributed by atoms with Gasteiger partial charge in [-0.3, -0.25) is 9.69 Å². The maximum atomic E-state index is 14.8. The van der Waals surface area contributed by atoms with Gasteiger partial charge >= 0.3 is 0 Å². The predicted molar refractivity (Wildman–Crippen MR) is 165 cm³/mol. The number of β-amino-alcohol motifs (C(OH)–C–C–N with tert-alkyl or cyclic N) is 1. The molecule has 5 unspecified atom stereocenters. The van der Waals surface area contributed by atoms with Gasteiger partial charge in [0.05, 0.1) is 18.3 Å². The van der Waals surface area contributed by atoms with Gasteiger partial charge in [0.2, 0.25) is 0 Å². The highest BCUT2D eigenvalue weighted by Gasteiger charge is 2.57. The van der Waals surface area contributed by atoms with E-state index in [0.29, 0.717) is 31.4 Å². The summed E-state index contributed by atoms with van der Waals surface area (Å²) in [6.45, 7) is 5.71. The number of halogens is 2. The summed E-state index contributed by atoms with van der Waals surface area (Å²) in [5.74, 6) is -0.811. The van der Waals surface area contributed by atoms with E-state index < -0.39 is 22.9 Å². The van der Waals surface area contributed by atoms with Crippen molar-refractivity contribution >= 4 is 17.4 Å². The summed E-state index contributed by atoms with van der Waals surface area (Å²) in [6, 6.07) is 10.4. The van der Waals surface area contributed by atoms with E-state index in [4.69, 9.17) is 11.6 Å². The van der Waals surface area contributed by atoms with E-state index >= 15 is 0 Å². The first kappa shape index (κ1) is 31.3. The molecule has 7 heteroatoms. The summed E-state index contributed by atoms with van der Waals surface area (Å²) in [5.41, 5.74) is 2.15. The fourth-order valence-electron chi connectivity index (χ4n) is 7.84. The molecule has 0 aromatic heterocycles. The molecule has 5 nitrogen and oxygen atoms in total. The highest BCUT2D eigenvalue weighted by Crippen LogP contribution is 2.59. The average Bonchev–Trinajstić information content (AvgIpc) is 3.50. The molecular formula is C35H45ClFNO4. The molecule has 3 aliphatic carbocycles. The molecule has 0 amide bonds. The number of hydrogen-bond acceptors (Lipinski definition) is 5. The van der Waals surface area contributed by atoms with Crippen LogP contribution in [0.1, 0.15) is 98.2 Å². The Morgan fingerprint density at radius 1 is 1.17 bits per heavy atom. The number of aliphatic hydroxyl groups is 3. The van der Waals surface area contributed by atoms with Crippen LogP contribution in [0.25, 0.3) is 0 Å². The molecule has 1 heterocycles. The molecule has 2 aromatic rings. The Balaban J connectivity index is 1.58. The number of allylic oxidation sites excluding steroid dienone is 2. The van der Waals surface area contributed by atoms with Crippen LogP contribution in [0, 0.1) is 11.2 Å². The third-order valence-corrected chi connectivity index (χ3v) is 10.9. The second kappa shape index (κ2) is 12.9. The summed E-state index contributed by atoms with van der Waals surface area (Å²) < 4.78 is 14.8. The molecule has 2 aromatic carbocycles. The molecule has 0 spiro atoms. The largest absolute Gasteiger partial charge is 0.395 e. The molecule has 1 saturated carbocycles. The van der Waals surface area contributed by atoms with Gasteiger partial charge in [0.1, 0.15) is 5.82 Å². The molecule has 1 aliphatic heterocycles. The second-order valence-electron chi connectivity index (χ2n) is 13.2. The lowest BCUT2D eigenvalue weighted by Crippen LogP contribution is -2.53. The highest BCUT2D eigenvalue weighted by molar-refractivity contribution is 6.31. The first-order valence-electron chi connectivity index (χ1n) is 15.5. The Bertz CT molecular complexity index is 1310. The third-order valence-electron chi connectivity index (χ3n) is 10.5. The summed E-state index contributed by atoms with van der Waals surface area (Å²) in [7, 11) is 0. The van der Waals surface area contributed by atoms with Gasteiger partial charge in [-0.2, -0.15) is 0 Å². The van der Waals surface area contributed by atoms with Gasteiger partial charge in [-0.25, -0.2) is 4.39 Å². The highest BCUT2D eigenvalue weighted by atomic mass is 35.5. The molecule has 228 valence electrons. The molecule has 4 aliphatic rings. The van der Waals surface area contributed by atoms with Crippen molar-refractivity contribution in [3.05, 3.63) is 81.1 Å². The number of carbonyl (C=O) groups excluding carboxylic acids is 1. The van der Waals surface area contributed by atoms with Gasteiger partial charge in [0.15, 0.2) is 5.78 Å². The van der Waals surface area contributed by atoms with Crippen molar-refractivity contribution in [2.75, 3.05) is 19.7 Å². The maximum Gasteiger partial charge on any atom is 0.167 e. The summed E-state index contributed by atoms with van der Waals surface area (Å²) in [4.78, 5) is 16.3. The molecule has 6 rings (SSSR count). The number of rotatable bonds is 6. The van der Waals surface area contributed by atoms with Crippen LogP contribution < -0.4 is 0 Å². The number of likely N-dealkylation sites (tertiary alicyclic amines) is 1. The van der Waals surface area contributed by atoms with Gasteiger partial charge in [0, 0.05) is 40.6 Å². The van der Waals surface area contributed by atoms with E-state index in [9.17, 15) is 24.5 Å². The molecule has 3 N–H and O–H groups in total. The zero-order valence-corrected chi connectivity index (χ0v) is 25.7. The monoisotopic (exact) mass is 597 g/mol. The predicted octanol–water partition coefficient (Wildman–Crippen LogP) is 6.40. The van der Waals surface area contributed by atoms with Crippen molar-refractivity contribution in [2.45, 2.75) is 102 Å². The van der Waals surface area contributed by atoms with E-state index in [-0.39, 0.29) is 41.4 Å². The summed E-state index contributed by atoms with van der Waals surface area (Å²) in [6.07, 6.45) is 8.15. The van der Waals surface area contributed by atoms with Gasteiger partial charge in [-0.1, -0.05) is 48.4 Å². The zero-order chi connectivity index (χ0) is 30.1. The van der Waals surface area contributed by atoms with Crippen molar-refractivity contribution < 1.29 is 24.5 Å². The van der Waals surface area contributed by atoms with Crippen LogP contribution in [0.15, 0.2) is 48.0 Å². The average molecular weight is 598 g/mol. The van der Waals surface area contributed by atoms with Crippen LogP contribution in [0.5, 0.6) is 0 Å². The van der Waals surface area contributed by atoms with Crippen LogP contribution in [-0.4, -0.2) is 63.4 Å². The van der Waals surface area contributed by atoms with Gasteiger partial charge in [-0.05, 0) is 106 Å². The number of aliphatic hydroxyl groups excluding tert-OH is 2. The number of ketones is 1. The number of Topliss-reactive ketones (excluding diaryl/α,β-unsaturated/α-hetero) is 1. The van der Waals surface area contributed by atoms with E-state index in [1.807, 2.05) is 18.2 Å². The lowest BCUT2D eigenvalue weighted by molar-refractivity contribution is -0.0875. The van der Waals surface area contributed by atoms with Crippen molar-refractivity contribution in [2.24, 2.45) is 5.41 Å². The lowest BCUT2D eigenvalue weighted by atomic mass is 9.64. The molecular weight excluding hydrogens is 553 g/mol. The topological polar surface area (TPSA) is 81.0 Å². The summed E-state index contributed by atoms with van der Waals surface area (Å²) in [5, 5.41) is 33.5. The van der Waals surface area contributed by atoms with Crippen molar-refractivity contribution in [1.82, 2.24) is 4.90 Å². The Kier molecular flexibility index (Phi) is 9.60. The van der Waals surface area contributed by atoms with Crippen LogP contribution in [-0.2, 0) is 12.8 Å². The van der Waals surface area contributed by atoms with Gasteiger partial charge in [-0.15, -0.1) is 0 Å². The smallest absolute Gasteiger partial charge is 0.167 e. The minimum absolute atomic E-state index is 0.0608. The number of hydrogen-bond donors (Lipinski definition) is 3. The van der Waals surface area contributed by atoms with Crippen molar-refractivity contribution in [1.29, 1.82) is 0 Å². The van der Waals surface area contributed by atoms with Gasteiger partial charge < -0.3 is 15.3 Å². The zero-order valence-electron chi connectivity index (χ0n) is 24.9. The van der Waals surface area contributed by atoms with E-state index in [1.54, 1.807) is 6.07 Å². The van der Waals surface area contributed by atoms with Crippen LogP contribution >= 0.6 is 11.6 Å². The van der Waals surface area contributed by atoms with E-state index in [1.165, 1.54) is 17.7 Å². The fourth-order valence-corrected chi connectivity index (χ4v) is 8.07. The quantitative estimate of drug-likeness (QED) is 0.265. The third kappa shape index (κ3) is 6.25. The Morgan fingerprint density at radius 3 is 2.74 bits per heavy atom. The molecule has 5 atom stereocenters. The molecule has 1 saturated heterocycles. The Morgan fingerprint density at radius 2 is 1.98 bits per heavy atom. The molecule has 42 heavy (non-hydrogen) atoms.